The van der Waals surface area contributed by atoms with Crippen LogP contribution in [0, 0.1) is 10.1 Å². The van der Waals surface area contributed by atoms with Crippen molar-refractivity contribution in [3.63, 3.8) is 0 Å². The zero-order valence-corrected chi connectivity index (χ0v) is 16.3. The number of nitro benzene ring substituents is 1. The van der Waals surface area contributed by atoms with E-state index in [1.807, 2.05) is 0 Å². The minimum Gasteiger partial charge on any atom is -0.497 e. The molecule has 9 heteroatoms. The standard InChI is InChI=1S/C21H19N3O6/c1-29-18-9-14(10-19(11-18)30-2)12-23-13-15(3-8-20(23)25)21(26)22-16-4-6-17(7-5-16)24(27)28/h3-11,13H,12H2,1-2H3,(H,22,26). The van der Waals surface area contributed by atoms with Gasteiger partial charge in [0.1, 0.15) is 11.5 Å². The Morgan fingerprint density at radius 3 is 2.23 bits per heavy atom. The molecule has 0 saturated carbocycles. The van der Waals surface area contributed by atoms with Crippen molar-refractivity contribution in [2.75, 3.05) is 19.5 Å². The lowest BCUT2D eigenvalue weighted by atomic mass is 10.2. The van der Waals surface area contributed by atoms with Crippen molar-refractivity contribution in [3.8, 4) is 11.5 Å². The summed E-state index contributed by atoms with van der Waals surface area (Å²) < 4.78 is 11.9. The maximum absolute atomic E-state index is 12.5. The van der Waals surface area contributed by atoms with Gasteiger partial charge >= 0.3 is 0 Å². The summed E-state index contributed by atoms with van der Waals surface area (Å²) in [5.41, 5.74) is 1.09. The molecular weight excluding hydrogens is 390 g/mol. The van der Waals surface area contributed by atoms with Gasteiger partial charge in [0.2, 0.25) is 0 Å². The SMILES string of the molecule is COc1cc(Cn2cc(C(=O)Nc3ccc([N+](=O)[O-])cc3)ccc2=O)cc(OC)c1. The molecule has 3 aromatic rings. The number of hydrogen-bond donors (Lipinski definition) is 1. The predicted molar refractivity (Wildman–Crippen MR) is 110 cm³/mol. The fourth-order valence-electron chi connectivity index (χ4n) is 2.81. The van der Waals surface area contributed by atoms with Gasteiger partial charge in [-0.1, -0.05) is 0 Å². The molecule has 1 amide bonds. The van der Waals surface area contributed by atoms with Crippen LogP contribution in [0.1, 0.15) is 15.9 Å². The van der Waals surface area contributed by atoms with Crippen LogP contribution in [0.2, 0.25) is 0 Å². The van der Waals surface area contributed by atoms with Gasteiger partial charge in [-0.2, -0.15) is 0 Å². The van der Waals surface area contributed by atoms with Gasteiger partial charge in [0.05, 0.1) is 31.3 Å². The molecule has 0 spiro atoms. The number of methoxy groups -OCH3 is 2. The molecule has 1 N–H and O–H groups in total. The van der Waals surface area contributed by atoms with Crippen LogP contribution in [0.25, 0.3) is 0 Å². The average Bonchev–Trinajstić information content (AvgIpc) is 2.75. The molecule has 30 heavy (non-hydrogen) atoms. The molecule has 0 aliphatic rings. The first-order valence-electron chi connectivity index (χ1n) is 8.88. The number of rotatable bonds is 7. The number of carbonyl (C=O) groups is 1. The van der Waals surface area contributed by atoms with Crippen LogP contribution >= 0.6 is 0 Å². The number of anilines is 1. The van der Waals surface area contributed by atoms with Crippen LogP contribution < -0.4 is 20.3 Å². The Kier molecular flexibility index (Phi) is 6.11. The van der Waals surface area contributed by atoms with Crippen molar-refractivity contribution in [2.45, 2.75) is 6.54 Å². The number of ether oxygens (including phenoxy) is 2. The molecule has 0 aliphatic carbocycles. The van der Waals surface area contributed by atoms with Crippen LogP contribution in [0.15, 0.2) is 65.6 Å². The molecule has 154 valence electrons. The molecule has 0 bridgehead atoms. The van der Waals surface area contributed by atoms with E-state index in [-0.39, 0.29) is 23.4 Å². The molecule has 2 aromatic carbocycles. The fourth-order valence-corrected chi connectivity index (χ4v) is 2.81. The van der Waals surface area contributed by atoms with E-state index >= 15 is 0 Å². The summed E-state index contributed by atoms with van der Waals surface area (Å²) in [6.45, 7) is 0.213. The summed E-state index contributed by atoms with van der Waals surface area (Å²) in [5.74, 6) is 0.731. The smallest absolute Gasteiger partial charge is 0.269 e. The number of pyridine rings is 1. The van der Waals surface area contributed by atoms with Crippen molar-refractivity contribution in [2.24, 2.45) is 0 Å². The summed E-state index contributed by atoms with van der Waals surface area (Å²) in [7, 11) is 3.07. The average molecular weight is 409 g/mol. The molecule has 1 aromatic heterocycles. The second-order valence-corrected chi connectivity index (χ2v) is 6.36. The monoisotopic (exact) mass is 409 g/mol. The molecule has 0 saturated heterocycles. The van der Waals surface area contributed by atoms with E-state index in [0.29, 0.717) is 17.2 Å². The summed E-state index contributed by atoms with van der Waals surface area (Å²) in [4.78, 5) is 35.0. The number of benzene rings is 2. The molecule has 1 heterocycles. The number of carbonyl (C=O) groups excluding carboxylic acids is 1. The molecule has 3 rings (SSSR count). The van der Waals surface area contributed by atoms with Crippen molar-refractivity contribution in [1.82, 2.24) is 4.57 Å². The van der Waals surface area contributed by atoms with Gasteiger partial charge in [0.15, 0.2) is 0 Å². The third-order valence-corrected chi connectivity index (χ3v) is 4.35. The second kappa shape index (κ2) is 8.91. The Labute approximate surface area is 171 Å². The number of aromatic nitrogens is 1. The van der Waals surface area contributed by atoms with E-state index in [1.54, 1.807) is 18.2 Å². The number of nitrogens with one attached hydrogen (secondary N) is 1. The fraction of sp³-hybridized carbons (Fsp3) is 0.143. The normalized spacial score (nSPS) is 10.3. The van der Waals surface area contributed by atoms with E-state index in [2.05, 4.69) is 5.32 Å². The number of amides is 1. The highest BCUT2D eigenvalue weighted by atomic mass is 16.6. The summed E-state index contributed by atoms with van der Waals surface area (Å²) in [5, 5.41) is 13.4. The Balaban J connectivity index is 1.82. The van der Waals surface area contributed by atoms with Gasteiger partial charge < -0.3 is 19.4 Å². The first-order chi connectivity index (χ1) is 14.4. The second-order valence-electron chi connectivity index (χ2n) is 6.36. The van der Waals surface area contributed by atoms with E-state index < -0.39 is 10.8 Å². The highest BCUT2D eigenvalue weighted by Crippen LogP contribution is 2.23. The van der Waals surface area contributed by atoms with E-state index in [9.17, 15) is 19.7 Å². The highest BCUT2D eigenvalue weighted by Gasteiger charge is 2.11. The third-order valence-electron chi connectivity index (χ3n) is 4.35. The van der Waals surface area contributed by atoms with E-state index in [4.69, 9.17) is 9.47 Å². The van der Waals surface area contributed by atoms with Crippen LogP contribution in [-0.2, 0) is 6.54 Å². The van der Waals surface area contributed by atoms with Gasteiger partial charge in [-0.05, 0) is 35.9 Å². The summed E-state index contributed by atoms with van der Waals surface area (Å²) in [6, 6.07) is 13.5. The van der Waals surface area contributed by atoms with Gasteiger partial charge in [-0.15, -0.1) is 0 Å². The lowest BCUT2D eigenvalue weighted by molar-refractivity contribution is -0.384. The lowest BCUT2D eigenvalue weighted by Crippen LogP contribution is -2.22. The van der Waals surface area contributed by atoms with Gasteiger partial charge in [-0.25, -0.2) is 0 Å². The number of hydrogen-bond acceptors (Lipinski definition) is 6. The molecule has 0 atom stereocenters. The minimum atomic E-state index is -0.519. The Hall–Kier alpha value is -4.14. The first kappa shape index (κ1) is 20.6. The molecule has 0 unspecified atom stereocenters. The van der Waals surface area contributed by atoms with Crippen molar-refractivity contribution >= 4 is 17.3 Å². The number of non-ortho nitro benzene ring substituents is 1. The topological polar surface area (TPSA) is 113 Å². The maximum Gasteiger partial charge on any atom is 0.269 e. The summed E-state index contributed by atoms with van der Waals surface area (Å²) in [6.07, 6.45) is 1.45. The minimum absolute atomic E-state index is 0.0738. The first-order valence-corrected chi connectivity index (χ1v) is 8.88. The van der Waals surface area contributed by atoms with Crippen LogP contribution in [0.5, 0.6) is 11.5 Å². The van der Waals surface area contributed by atoms with Crippen molar-refractivity contribution in [1.29, 1.82) is 0 Å². The molecular formula is C21H19N3O6. The third kappa shape index (κ3) is 4.82. The summed E-state index contributed by atoms with van der Waals surface area (Å²) >= 11 is 0. The van der Waals surface area contributed by atoms with E-state index in [1.165, 1.54) is 61.4 Å². The Morgan fingerprint density at radius 1 is 1.03 bits per heavy atom. The largest absolute Gasteiger partial charge is 0.497 e. The maximum atomic E-state index is 12.5. The molecule has 0 fully saturated rings. The number of nitrogens with zero attached hydrogens (tertiary/aromatic N) is 2. The van der Waals surface area contributed by atoms with E-state index in [0.717, 1.165) is 5.56 Å². The van der Waals surface area contributed by atoms with Crippen LogP contribution in [0.4, 0.5) is 11.4 Å². The highest BCUT2D eigenvalue weighted by molar-refractivity contribution is 6.04. The number of nitro groups is 1. The Morgan fingerprint density at radius 2 is 1.67 bits per heavy atom. The molecule has 9 nitrogen and oxygen atoms in total. The zero-order chi connectivity index (χ0) is 21.7. The zero-order valence-electron chi connectivity index (χ0n) is 16.3. The van der Waals surface area contributed by atoms with Crippen LogP contribution in [0.3, 0.4) is 0 Å². The van der Waals surface area contributed by atoms with Crippen molar-refractivity contribution < 1.29 is 19.2 Å². The van der Waals surface area contributed by atoms with Crippen molar-refractivity contribution in [3.05, 3.63) is 92.4 Å². The predicted octanol–water partition coefficient (Wildman–Crippen LogP) is 3.07. The quantitative estimate of drug-likeness (QED) is 0.474. The Bertz CT molecular complexity index is 1120. The van der Waals surface area contributed by atoms with Gasteiger partial charge in [0.25, 0.3) is 17.2 Å². The molecule has 0 radical (unpaired) electrons. The van der Waals surface area contributed by atoms with Gasteiger partial charge in [0, 0.05) is 36.1 Å². The van der Waals surface area contributed by atoms with Gasteiger partial charge in [-0.3, -0.25) is 19.7 Å². The lowest BCUT2D eigenvalue weighted by Gasteiger charge is -2.11. The molecule has 0 aliphatic heterocycles. The van der Waals surface area contributed by atoms with Crippen LogP contribution in [-0.4, -0.2) is 29.6 Å².